The van der Waals surface area contributed by atoms with Crippen LogP contribution in [0.1, 0.15) is 35.2 Å². The van der Waals surface area contributed by atoms with Crippen LogP contribution in [-0.2, 0) is 10.0 Å². The zero-order valence-electron chi connectivity index (χ0n) is 17.3. The third-order valence-corrected chi connectivity index (χ3v) is 7.79. The minimum atomic E-state index is -3.78. The molecule has 2 aliphatic rings. The van der Waals surface area contributed by atoms with E-state index < -0.39 is 15.6 Å². The Kier molecular flexibility index (Phi) is 5.23. The third kappa shape index (κ3) is 3.54. The number of carbonyl (C=O) groups excluding carboxylic acids is 1. The van der Waals surface area contributed by atoms with Crippen molar-refractivity contribution in [3.63, 3.8) is 0 Å². The Balaban J connectivity index is 1.56. The number of aryl methyl sites for hydroxylation is 1. The molecule has 0 bridgehead atoms. The fourth-order valence-corrected chi connectivity index (χ4v) is 5.76. The number of hydrogen-bond donors (Lipinski definition) is 0. The molecule has 0 N–H and O–H groups in total. The van der Waals surface area contributed by atoms with Crippen LogP contribution >= 0.6 is 0 Å². The largest absolute Gasteiger partial charge is 0.497 e. The lowest BCUT2D eigenvalue weighted by Crippen LogP contribution is -2.52. The number of piperidine rings is 1. The minimum Gasteiger partial charge on any atom is -0.497 e. The number of ketones is 1. The van der Waals surface area contributed by atoms with Crippen molar-refractivity contribution < 1.29 is 27.4 Å². The maximum Gasteiger partial charge on any atom is 0.246 e. The van der Waals surface area contributed by atoms with Crippen molar-refractivity contribution in [1.82, 2.24) is 4.31 Å². The summed E-state index contributed by atoms with van der Waals surface area (Å²) in [6.07, 6.45) is 1.15. The van der Waals surface area contributed by atoms with Gasteiger partial charge in [-0.25, -0.2) is 8.42 Å². The fourth-order valence-electron chi connectivity index (χ4n) is 4.15. The van der Waals surface area contributed by atoms with Crippen LogP contribution < -0.4 is 14.2 Å². The summed E-state index contributed by atoms with van der Waals surface area (Å²) in [7, 11) is -0.862. The molecule has 0 atom stereocenters. The van der Waals surface area contributed by atoms with Crippen LogP contribution in [0.25, 0.3) is 0 Å². The Bertz CT molecular complexity index is 1090. The lowest BCUT2D eigenvalue weighted by atomic mass is 9.83. The quantitative estimate of drug-likeness (QED) is 0.739. The SMILES string of the molecule is COc1ccc(OC)c(S(=O)(=O)N2CCC3(CC2)CC(=O)c2cc(C)ccc2O3)c1. The van der Waals surface area contributed by atoms with Gasteiger partial charge in [0.25, 0.3) is 0 Å². The van der Waals surface area contributed by atoms with Crippen LogP contribution in [0.15, 0.2) is 41.3 Å². The molecule has 7 nitrogen and oxygen atoms in total. The number of sulfonamides is 1. The lowest BCUT2D eigenvalue weighted by Gasteiger charge is -2.43. The van der Waals surface area contributed by atoms with Gasteiger partial charge in [-0.15, -0.1) is 0 Å². The Morgan fingerprint density at radius 2 is 1.77 bits per heavy atom. The van der Waals surface area contributed by atoms with E-state index in [2.05, 4.69) is 0 Å². The average Bonchev–Trinajstić information content (AvgIpc) is 2.74. The lowest BCUT2D eigenvalue weighted by molar-refractivity contribution is 0.00587. The van der Waals surface area contributed by atoms with Gasteiger partial charge in [0.05, 0.1) is 26.2 Å². The van der Waals surface area contributed by atoms with Gasteiger partial charge in [-0.1, -0.05) is 11.6 Å². The van der Waals surface area contributed by atoms with Crippen molar-refractivity contribution in [2.75, 3.05) is 27.3 Å². The molecule has 1 spiro atoms. The molecule has 160 valence electrons. The summed E-state index contributed by atoms with van der Waals surface area (Å²) in [4.78, 5) is 12.8. The molecular weight excluding hydrogens is 406 g/mol. The van der Waals surface area contributed by atoms with Gasteiger partial charge >= 0.3 is 0 Å². The van der Waals surface area contributed by atoms with Crippen LogP contribution in [0.2, 0.25) is 0 Å². The summed E-state index contributed by atoms with van der Waals surface area (Å²) in [5.74, 6) is 1.34. The van der Waals surface area contributed by atoms with Crippen molar-refractivity contribution in [2.24, 2.45) is 0 Å². The molecule has 0 saturated carbocycles. The van der Waals surface area contributed by atoms with Crippen molar-refractivity contribution >= 4 is 15.8 Å². The molecule has 0 radical (unpaired) electrons. The van der Waals surface area contributed by atoms with Crippen LogP contribution in [0.4, 0.5) is 0 Å². The van der Waals surface area contributed by atoms with E-state index in [1.165, 1.54) is 24.6 Å². The molecule has 0 unspecified atom stereocenters. The molecular formula is C22H25NO6S. The molecule has 4 rings (SSSR count). The summed E-state index contributed by atoms with van der Waals surface area (Å²) in [6.45, 7) is 2.46. The molecule has 2 heterocycles. The van der Waals surface area contributed by atoms with Gasteiger partial charge in [0.2, 0.25) is 10.0 Å². The predicted molar refractivity (Wildman–Crippen MR) is 111 cm³/mol. The molecule has 1 fully saturated rings. The van der Waals surface area contributed by atoms with Crippen LogP contribution in [0.3, 0.4) is 0 Å². The van der Waals surface area contributed by atoms with Crippen molar-refractivity contribution in [3.8, 4) is 17.2 Å². The van der Waals surface area contributed by atoms with E-state index in [1.54, 1.807) is 12.1 Å². The molecule has 2 aliphatic heterocycles. The van der Waals surface area contributed by atoms with E-state index in [-0.39, 0.29) is 35.9 Å². The zero-order valence-corrected chi connectivity index (χ0v) is 18.1. The zero-order chi connectivity index (χ0) is 21.5. The predicted octanol–water partition coefficient (Wildman–Crippen LogP) is 3.20. The molecule has 2 aromatic rings. The second-order valence-electron chi connectivity index (χ2n) is 7.81. The van der Waals surface area contributed by atoms with Gasteiger partial charge in [-0.3, -0.25) is 4.79 Å². The van der Waals surface area contributed by atoms with E-state index in [9.17, 15) is 13.2 Å². The highest BCUT2D eigenvalue weighted by molar-refractivity contribution is 7.89. The second-order valence-corrected chi connectivity index (χ2v) is 9.71. The normalized spacial score (nSPS) is 18.6. The monoisotopic (exact) mass is 431 g/mol. The number of rotatable bonds is 4. The first kappa shape index (κ1) is 20.7. The number of methoxy groups -OCH3 is 2. The highest BCUT2D eigenvalue weighted by Crippen LogP contribution is 2.41. The average molecular weight is 432 g/mol. The van der Waals surface area contributed by atoms with Crippen molar-refractivity contribution in [2.45, 2.75) is 36.7 Å². The van der Waals surface area contributed by atoms with Crippen molar-refractivity contribution in [1.29, 1.82) is 0 Å². The van der Waals surface area contributed by atoms with Gasteiger partial charge in [-0.05, 0) is 31.2 Å². The smallest absolute Gasteiger partial charge is 0.246 e. The topological polar surface area (TPSA) is 82.1 Å². The molecule has 30 heavy (non-hydrogen) atoms. The number of ether oxygens (including phenoxy) is 3. The Labute approximate surface area is 176 Å². The highest BCUT2D eigenvalue weighted by atomic mass is 32.2. The first-order valence-corrected chi connectivity index (χ1v) is 11.3. The maximum absolute atomic E-state index is 13.3. The van der Waals surface area contributed by atoms with E-state index in [4.69, 9.17) is 14.2 Å². The number of fused-ring (bicyclic) bond motifs is 1. The van der Waals surface area contributed by atoms with E-state index in [0.29, 0.717) is 29.9 Å². The van der Waals surface area contributed by atoms with Gasteiger partial charge in [-0.2, -0.15) is 4.31 Å². The van der Waals surface area contributed by atoms with Gasteiger partial charge < -0.3 is 14.2 Å². The summed E-state index contributed by atoms with van der Waals surface area (Å²) < 4.78 is 44.7. The molecule has 8 heteroatoms. The first-order valence-electron chi connectivity index (χ1n) is 9.83. The number of hydrogen-bond acceptors (Lipinski definition) is 6. The minimum absolute atomic E-state index is 0.0470. The molecule has 1 saturated heterocycles. The van der Waals surface area contributed by atoms with Crippen LogP contribution in [-0.4, -0.2) is 51.4 Å². The number of carbonyl (C=O) groups is 1. The highest BCUT2D eigenvalue weighted by Gasteiger charge is 2.45. The molecule has 0 aromatic heterocycles. The van der Waals surface area contributed by atoms with Gasteiger partial charge in [0.1, 0.15) is 27.7 Å². The van der Waals surface area contributed by atoms with Crippen LogP contribution in [0.5, 0.6) is 17.2 Å². The molecule has 2 aromatic carbocycles. The number of nitrogens with zero attached hydrogens (tertiary/aromatic N) is 1. The van der Waals surface area contributed by atoms with Gasteiger partial charge in [0.15, 0.2) is 5.78 Å². The second kappa shape index (κ2) is 7.59. The fraction of sp³-hybridized carbons (Fsp3) is 0.409. The standard InChI is InChI=1S/C22H25NO6S/c1-15-4-6-19-17(12-15)18(24)14-22(29-19)8-10-23(11-9-22)30(25,26)21-13-16(27-2)5-7-20(21)28-3/h4-7,12-13H,8-11,14H2,1-3H3. The van der Waals surface area contributed by atoms with E-state index in [1.807, 2.05) is 25.1 Å². The van der Waals surface area contributed by atoms with Crippen LogP contribution in [0, 0.1) is 6.92 Å². The Hall–Kier alpha value is -2.58. The number of Topliss-reactive ketones (excluding diaryl/α,β-unsaturated/α-hetero) is 1. The Morgan fingerprint density at radius 3 is 2.43 bits per heavy atom. The maximum atomic E-state index is 13.3. The van der Waals surface area contributed by atoms with Crippen molar-refractivity contribution in [3.05, 3.63) is 47.5 Å². The van der Waals surface area contributed by atoms with Gasteiger partial charge in [0, 0.05) is 32.0 Å². The Morgan fingerprint density at radius 1 is 1.03 bits per heavy atom. The number of benzene rings is 2. The third-order valence-electron chi connectivity index (χ3n) is 5.87. The summed E-state index contributed by atoms with van der Waals surface area (Å²) in [5, 5.41) is 0. The summed E-state index contributed by atoms with van der Waals surface area (Å²) >= 11 is 0. The van der Waals surface area contributed by atoms with E-state index >= 15 is 0 Å². The summed E-state index contributed by atoms with van der Waals surface area (Å²) in [5.41, 5.74) is 0.954. The molecule has 0 aliphatic carbocycles. The van der Waals surface area contributed by atoms with E-state index in [0.717, 1.165) is 5.56 Å². The molecule has 0 amide bonds. The summed E-state index contributed by atoms with van der Waals surface area (Å²) in [6, 6.07) is 10.3. The first-order chi connectivity index (χ1) is 14.3.